The average Bonchev–Trinajstić information content (AvgIpc) is 2.60. The summed E-state index contributed by atoms with van der Waals surface area (Å²) in [4.78, 5) is 0. The maximum atomic E-state index is 5.92. The summed E-state index contributed by atoms with van der Waals surface area (Å²) in [6.07, 6.45) is 1.84. The molecule has 0 fully saturated rings. The van der Waals surface area contributed by atoms with E-state index in [9.17, 15) is 0 Å². The van der Waals surface area contributed by atoms with E-state index < -0.39 is 0 Å². The van der Waals surface area contributed by atoms with Crippen molar-refractivity contribution in [2.45, 2.75) is 13.8 Å². The fourth-order valence-corrected chi connectivity index (χ4v) is 1.72. The molecule has 0 spiro atoms. The minimum Gasteiger partial charge on any atom is -0.494 e. The van der Waals surface area contributed by atoms with E-state index in [1.807, 2.05) is 36.9 Å². The maximum Gasteiger partial charge on any atom is 0.146 e. The first kappa shape index (κ1) is 11.0. The molecule has 3 nitrogen and oxygen atoms in total. The van der Waals surface area contributed by atoms with Crippen LogP contribution in [0.4, 0.5) is 0 Å². The van der Waals surface area contributed by atoms with Crippen LogP contribution in [-0.4, -0.2) is 16.9 Å². The molecule has 1 aromatic heterocycles. The van der Waals surface area contributed by atoms with Gasteiger partial charge in [0, 0.05) is 16.8 Å². The van der Waals surface area contributed by atoms with Crippen LogP contribution in [0, 0.1) is 13.8 Å². The quantitative estimate of drug-likeness (QED) is 0.801. The lowest BCUT2D eigenvalue weighted by Crippen LogP contribution is -2.01. The third-order valence-electron chi connectivity index (χ3n) is 2.63. The molecule has 0 saturated carbocycles. The Kier molecular flexibility index (Phi) is 2.88. The summed E-state index contributed by atoms with van der Waals surface area (Å²) in [6, 6.07) is 5.52. The fourth-order valence-electron chi connectivity index (χ4n) is 1.56. The van der Waals surface area contributed by atoms with Crippen molar-refractivity contribution >= 4 is 11.6 Å². The number of methoxy groups -OCH3 is 1. The van der Waals surface area contributed by atoms with Crippen molar-refractivity contribution in [2.75, 3.05) is 7.11 Å². The Balaban J connectivity index is 2.59. The molecule has 0 aliphatic heterocycles. The second-order valence-electron chi connectivity index (χ2n) is 3.64. The standard InChI is InChI=1S/C12H13ClN2O/c1-8-7-14-15(9(8)2)11-5-4-10(13)6-12(11)16-3/h4-7H,1-3H3. The summed E-state index contributed by atoms with van der Waals surface area (Å²) in [5.74, 6) is 0.721. The number of aryl methyl sites for hydroxylation is 1. The highest BCUT2D eigenvalue weighted by Crippen LogP contribution is 2.27. The van der Waals surface area contributed by atoms with E-state index in [0.717, 1.165) is 22.7 Å². The van der Waals surface area contributed by atoms with E-state index in [2.05, 4.69) is 5.10 Å². The highest BCUT2D eigenvalue weighted by molar-refractivity contribution is 6.30. The van der Waals surface area contributed by atoms with Crippen LogP contribution in [0.1, 0.15) is 11.3 Å². The number of hydrogen-bond donors (Lipinski definition) is 0. The molecule has 2 rings (SSSR count). The molecule has 0 atom stereocenters. The number of halogens is 1. The van der Waals surface area contributed by atoms with Gasteiger partial charge in [-0.05, 0) is 31.5 Å². The molecule has 0 bridgehead atoms. The molecule has 1 aromatic carbocycles. The lowest BCUT2D eigenvalue weighted by molar-refractivity contribution is 0.411. The number of benzene rings is 1. The molecule has 2 aromatic rings. The zero-order chi connectivity index (χ0) is 11.7. The van der Waals surface area contributed by atoms with Gasteiger partial charge in [-0.1, -0.05) is 11.6 Å². The van der Waals surface area contributed by atoms with Gasteiger partial charge in [-0.25, -0.2) is 4.68 Å². The van der Waals surface area contributed by atoms with Gasteiger partial charge < -0.3 is 4.74 Å². The number of rotatable bonds is 2. The van der Waals surface area contributed by atoms with Gasteiger partial charge in [-0.3, -0.25) is 0 Å². The number of nitrogens with zero attached hydrogens (tertiary/aromatic N) is 2. The Morgan fingerprint density at radius 1 is 1.31 bits per heavy atom. The van der Waals surface area contributed by atoms with E-state index in [0.29, 0.717) is 5.02 Å². The zero-order valence-electron chi connectivity index (χ0n) is 9.49. The van der Waals surface area contributed by atoms with Crippen LogP contribution < -0.4 is 4.74 Å². The van der Waals surface area contributed by atoms with Crippen LogP contribution in [-0.2, 0) is 0 Å². The minimum atomic E-state index is 0.655. The predicted octanol–water partition coefficient (Wildman–Crippen LogP) is 3.15. The second-order valence-corrected chi connectivity index (χ2v) is 4.08. The lowest BCUT2D eigenvalue weighted by atomic mass is 10.2. The minimum absolute atomic E-state index is 0.655. The zero-order valence-corrected chi connectivity index (χ0v) is 10.2. The summed E-state index contributed by atoms with van der Waals surface area (Å²) in [7, 11) is 1.63. The molecule has 1 heterocycles. The highest BCUT2D eigenvalue weighted by Gasteiger charge is 2.10. The summed E-state index contributed by atoms with van der Waals surface area (Å²) < 4.78 is 7.15. The normalized spacial score (nSPS) is 10.5. The summed E-state index contributed by atoms with van der Waals surface area (Å²) >= 11 is 5.92. The third-order valence-corrected chi connectivity index (χ3v) is 2.86. The molecule has 84 valence electrons. The molecule has 4 heteroatoms. The smallest absolute Gasteiger partial charge is 0.146 e. The Labute approximate surface area is 99.6 Å². The summed E-state index contributed by atoms with van der Waals surface area (Å²) in [6.45, 7) is 4.05. The van der Waals surface area contributed by atoms with Crippen molar-refractivity contribution in [3.8, 4) is 11.4 Å². The Morgan fingerprint density at radius 3 is 2.62 bits per heavy atom. The highest BCUT2D eigenvalue weighted by atomic mass is 35.5. The third kappa shape index (κ3) is 1.78. The number of aromatic nitrogens is 2. The molecule has 0 amide bonds. The molecule has 0 aliphatic carbocycles. The summed E-state index contributed by atoms with van der Waals surface area (Å²) in [5, 5.41) is 4.97. The van der Waals surface area contributed by atoms with Gasteiger partial charge in [0.05, 0.1) is 13.3 Å². The van der Waals surface area contributed by atoms with Gasteiger partial charge in [0.1, 0.15) is 11.4 Å². The molecule has 0 aliphatic rings. The van der Waals surface area contributed by atoms with Gasteiger partial charge in [-0.15, -0.1) is 0 Å². The molecular formula is C12H13ClN2O. The second kappa shape index (κ2) is 4.18. The van der Waals surface area contributed by atoms with Crippen molar-refractivity contribution in [1.29, 1.82) is 0 Å². The molecular weight excluding hydrogens is 224 g/mol. The first-order chi connectivity index (χ1) is 7.63. The van der Waals surface area contributed by atoms with E-state index in [-0.39, 0.29) is 0 Å². The monoisotopic (exact) mass is 236 g/mol. The Hall–Kier alpha value is -1.48. The van der Waals surface area contributed by atoms with Gasteiger partial charge in [0.2, 0.25) is 0 Å². The SMILES string of the molecule is COc1cc(Cl)ccc1-n1ncc(C)c1C. The Morgan fingerprint density at radius 2 is 2.06 bits per heavy atom. The van der Waals surface area contributed by atoms with Crippen LogP contribution in [0.2, 0.25) is 5.02 Å². The van der Waals surface area contributed by atoms with Crippen molar-refractivity contribution in [1.82, 2.24) is 9.78 Å². The van der Waals surface area contributed by atoms with Crippen molar-refractivity contribution in [3.05, 3.63) is 40.7 Å². The molecule has 0 unspecified atom stereocenters. The molecule has 16 heavy (non-hydrogen) atoms. The van der Waals surface area contributed by atoms with Crippen LogP contribution in [0.3, 0.4) is 0 Å². The fraction of sp³-hybridized carbons (Fsp3) is 0.250. The topological polar surface area (TPSA) is 27.1 Å². The largest absolute Gasteiger partial charge is 0.494 e. The Bertz CT molecular complexity index is 520. The van der Waals surface area contributed by atoms with Crippen molar-refractivity contribution in [3.63, 3.8) is 0 Å². The van der Waals surface area contributed by atoms with Gasteiger partial charge in [-0.2, -0.15) is 5.10 Å². The first-order valence-corrected chi connectivity index (χ1v) is 5.36. The van der Waals surface area contributed by atoms with Gasteiger partial charge in [0.15, 0.2) is 0 Å². The first-order valence-electron chi connectivity index (χ1n) is 4.98. The maximum absolute atomic E-state index is 5.92. The summed E-state index contributed by atoms with van der Waals surface area (Å²) in [5.41, 5.74) is 3.15. The number of hydrogen-bond acceptors (Lipinski definition) is 2. The van der Waals surface area contributed by atoms with E-state index in [1.54, 1.807) is 13.2 Å². The predicted molar refractivity (Wildman–Crippen MR) is 64.6 cm³/mol. The van der Waals surface area contributed by atoms with Crippen LogP contribution in [0.25, 0.3) is 5.69 Å². The molecule has 0 N–H and O–H groups in total. The van der Waals surface area contributed by atoms with Crippen LogP contribution in [0.15, 0.2) is 24.4 Å². The van der Waals surface area contributed by atoms with Gasteiger partial charge in [0.25, 0.3) is 0 Å². The lowest BCUT2D eigenvalue weighted by Gasteiger charge is -2.10. The van der Waals surface area contributed by atoms with E-state index in [4.69, 9.17) is 16.3 Å². The molecule has 0 saturated heterocycles. The van der Waals surface area contributed by atoms with Crippen LogP contribution in [0.5, 0.6) is 5.75 Å². The average molecular weight is 237 g/mol. The van der Waals surface area contributed by atoms with E-state index >= 15 is 0 Å². The van der Waals surface area contributed by atoms with Crippen molar-refractivity contribution in [2.24, 2.45) is 0 Å². The van der Waals surface area contributed by atoms with Crippen molar-refractivity contribution < 1.29 is 4.74 Å². The molecule has 0 radical (unpaired) electrons. The van der Waals surface area contributed by atoms with Crippen LogP contribution >= 0.6 is 11.6 Å². The van der Waals surface area contributed by atoms with Gasteiger partial charge >= 0.3 is 0 Å². The van der Waals surface area contributed by atoms with E-state index in [1.165, 1.54) is 0 Å². The number of ether oxygens (including phenoxy) is 1.